The molecule has 0 aliphatic heterocycles. The van der Waals surface area contributed by atoms with Gasteiger partial charge in [-0.1, -0.05) is 29.5 Å². The average Bonchev–Trinajstić information content (AvgIpc) is 3.34. The molecule has 0 aliphatic rings. The first-order valence-electron chi connectivity index (χ1n) is 8.96. The Morgan fingerprint density at radius 3 is 2.89 bits per heavy atom. The molecule has 0 saturated carbocycles. The summed E-state index contributed by atoms with van der Waals surface area (Å²) in [6.45, 7) is 1.14. The number of aromatic nitrogens is 5. The van der Waals surface area contributed by atoms with E-state index in [0.29, 0.717) is 18.7 Å². The van der Waals surface area contributed by atoms with Crippen molar-refractivity contribution in [3.63, 3.8) is 0 Å². The molecule has 28 heavy (non-hydrogen) atoms. The predicted octanol–water partition coefficient (Wildman–Crippen LogP) is 3.76. The van der Waals surface area contributed by atoms with Gasteiger partial charge in [-0.15, -0.1) is 5.10 Å². The summed E-state index contributed by atoms with van der Waals surface area (Å²) >= 11 is 0. The van der Waals surface area contributed by atoms with E-state index in [1.807, 2.05) is 54.6 Å². The Balaban J connectivity index is 1.43. The van der Waals surface area contributed by atoms with E-state index in [1.54, 1.807) is 17.1 Å². The SMILES string of the molecule is Oc1[nH]c2ccccc2c1-c1ccc2cc(OCCn3ccnn3)ccc2n1. The molecule has 0 saturated heterocycles. The molecule has 0 spiro atoms. The summed E-state index contributed by atoms with van der Waals surface area (Å²) in [5.41, 5.74) is 3.16. The van der Waals surface area contributed by atoms with Crippen molar-refractivity contribution in [3.05, 3.63) is 67.0 Å². The maximum Gasteiger partial charge on any atom is 0.199 e. The number of benzene rings is 2. The second-order valence-corrected chi connectivity index (χ2v) is 6.46. The Morgan fingerprint density at radius 2 is 2.00 bits per heavy atom. The van der Waals surface area contributed by atoms with E-state index in [9.17, 15) is 5.11 Å². The van der Waals surface area contributed by atoms with E-state index in [1.165, 1.54) is 0 Å². The van der Waals surface area contributed by atoms with Crippen molar-refractivity contribution in [2.45, 2.75) is 6.54 Å². The van der Waals surface area contributed by atoms with Crippen LogP contribution < -0.4 is 4.74 Å². The van der Waals surface area contributed by atoms with E-state index in [4.69, 9.17) is 9.72 Å². The Morgan fingerprint density at radius 1 is 1.07 bits per heavy atom. The van der Waals surface area contributed by atoms with E-state index >= 15 is 0 Å². The number of rotatable bonds is 5. The van der Waals surface area contributed by atoms with Crippen LogP contribution in [0, 0.1) is 0 Å². The molecule has 0 amide bonds. The second-order valence-electron chi connectivity index (χ2n) is 6.46. The van der Waals surface area contributed by atoms with Crippen LogP contribution in [0.15, 0.2) is 67.0 Å². The van der Waals surface area contributed by atoms with Crippen LogP contribution in [-0.2, 0) is 6.54 Å². The number of nitrogens with one attached hydrogen (secondary N) is 1. The van der Waals surface area contributed by atoms with Crippen LogP contribution in [-0.4, -0.2) is 36.7 Å². The quantitative estimate of drug-likeness (QED) is 0.491. The van der Waals surface area contributed by atoms with Crippen LogP contribution in [0.5, 0.6) is 11.6 Å². The Kier molecular flexibility index (Phi) is 3.90. The van der Waals surface area contributed by atoms with E-state index in [-0.39, 0.29) is 5.88 Å². The molecule has 138 valence electrons. The zero-order chi connectivity index (χ0) is 18.9. The summed E-state index contributed by atoms with van der Waals surface area (Å²) in [4.78, 5) is 7.73. The molecule has 0 bridgehead atoms. The monoisotopic (exact) mass is 371 g/mol. The fourth-order valence-electron chi connectivity index (χ4n) is 3.33. The molecule has 0 unspecified atom stereocenters. The summed E-state index contributed by atoms with van der Waals surface area (Å²) in [5.74, 6) is 0.901. The number of aromatic amines is 1. The van der Waals surface area contributed by atoms with Gasteiger partial charge in [-0.3, -0.25) is 0 Å². The molecule has 2 aromatic carbocycles. The molecule has 2 N–H and O–H groups in total. The summed E-state index contributed by atoms with van der Waals surface area (Å²) < 4.78 is 7.53. The number of pyridine rings is 1. The van der Waals surface area contributed by atoms with Crippen LogP contribution in [0.1, 0.15) is 0 Å². The van der Waals surface area contributed by atoms with Crippen LogP contribution >= 0.6 is 0 Å². The van der Waals surface area contributed by atoms with Gasteiger partial charge in [0.05, 0.1) is 29.5 Å². The molecule has 0 aliphatic carbocycles. The smallest absolute Gasteiger partial charge is 0.199 e. The molecule has 7 heteroatoms. The normalized spacial score (nSPS) is 11.3. The third-order valence-electron chi connectivity index (χ3n) is 4.66. The molecular weight excluding hydrogens is 354 g/mol. The minimum atomic E-state index is 0.126. The number of hydrogen-bond donors (Lipinski definition) is 2. The highest BCUT2D eigenvalue weighted by atomic mass is 16.5. The first-order valence-corrected chi connectivity index (χ1v) is 8.96. The molecule has 0 atom stereocenters. The standard InChI is InChI=1S/C21H17N5O2/c27-21-20(16-3-1-2-4-18(16)24-21)19-7-5-14-13-15(6-8-17(14)23-19)28-12-11-26-10-9-22-25-26/h1-10,13,24,27H,11-12H2. The number of para-hydroxylation sites is 1. The van der Waals surface area contributed by atoms with E-state index in [0.717, 1.165) is 33.2 Å². The molecule has 3 heterocycles. The average molecular weight is 371 g/mol. The molecular formula is C21H17N5O2. The Labute approximate surface area is 160 Å². The topological polar surface area (TPSA) is 88.9 Å². The molecule has 5 aromatic rings. The van der Waals surface area contributed by atoms with Crippen molar-refractivity contribution in [2.24, 2.45) is 0 Å². The lowest BCUT2D eigenvalue weighted by Crippen LogP contribution is -2.08. The Hall–Kier alpha value is -3.87. The predicted molar refractivity (Wildman–Crippen MR) is 106 cm³/mol. The lowest BCUT2D eigenvalue weighted by molar-refractivity contribution is 0.290. The van der Waals surface area contributed by atoms with Crippen LogP contribution in [0.2, 0.25) is 0 Å². The van der Waals surface area contributed by atoms with Gasteiger partial charge in [0, 0.05) is 22.5 Å². The van der Waals surface area contributed by atoms with Crippen molar-refractivity contribution < 1.29 is 9.84 Å². The number of fused-ring (bicyclic) bond motifs is 2. The van der Waals surface area contributed by atoms with Gasteiger partial charge in [0.15, 0.2) is 5.88 Å². The first-order chi connectivity index (χ1) is 13.8. The fourth-order valence-corrected chi connectivity index (χ4v) is 3.33. The third-order valence-corrected chi connectivity index (χ3v) is 4.66. The zero-order valence-corrected chi connectivity index (χ0v) is 14.9. The van der Waals surface area contributed by atoms with Crippen molar-refractivity contribution in [2.75, 3.05) is 6.61 Å². The first kappa shape index (κ1) is 16.3. The Bertz CT molecular complexity index is 1260. The maximum absolute atomic E-state index is 10.4. The molecule has 0 fully saturated rings. The summed E-state index contributed by atoms with van der Waals surface area (Å²) in [6.07, 6.45) is 3.44. The number of ether oxygens (including phenoxy) is 1. The fraction of sp³-hybridized carbons (Fsp3) is 0.0952. The van der Waals surface area contributed by atoms with Crippen molar-refractivity contribution in [3.8, 4) is 22.9 Å². The van der Waals surface area contributed by atoms with Gasteiger partial charge in [0.2, 0.25) is 0 Å². The zero-order valence-electron chi connectivity index (χ0n) is 14.9. The van der Waals surface area contributed by atoms with E-state index < -0.39 is 0 Å². The number of H-pyrrole nitrogens is 1. The van der Waals surface area contributed by atoms with Crippen LogP contribution in [0.4, 0.5) is 0 Å². The van der Waals surface area contributed by atoms with Crippen LogP contribution in [0.25, 0.3) is 33.1 Å². The molecule has 5 rings (SSSR count). The molecule has 0 radical (unpaired) electrons. The molecule has 7 nitrogen and oxygen atoms in total. The van der Waals surface area contributed by atoms with Gasteiger partial charge in [-0.2, -0.15) is 0 Å². The number of aromatic hydroxyl groups is 1. The molecule has 3 aromatic heterocycles. The highest BCUT2D eigenvalue weighted by Gasteiger charge is 2.14. The minimum absolute atomic E-state index is 0.126. The summed E-state index contributed by atoms with van der Waals surface area (Å²) in [7, 11) is 0. The minimum Gasteiger partial charge on any atom is -0.494 e. The van der Waals surface area contributed by atoms with Gasteiger partial charge in [-0.05, 0) is 30.3 Å². The second kappa shape index (κ2) is 6.70. The van der Waals surface area contributed by atoms with Gasteiger partial charge < -0.3 is 14.8 Å². The largest absolute Gasteiger partial charge is 0.494 e. The third kappa shape index (κ3) is 2.92. The highest BCUT2D eigenvalue weighted by Crippen LogP contribution is 2.36. The lowest BCUT2D eigenvalue weighted by atomic mass is 10.1. The van der Waals surface area contributed by atoms with Crippen molar-refractivity contribution in [1.82, 2.24) is 25.0 Å². The van der Waals surface area contributed by atoms with E-state index in [2.05, 4.69) is 15.3 Å². The summed E-state index contributed by atoms with van der Waals surface area (Å²) in [5, 5.41) is 20.0. The number of nitrogens with zero attached hydrogens (tertiary/aromatic N) is 4. The lowest BCUT2D eigenvalue weighted by Gasteiger charge is -2.08. The number of hydrogen-bond acceptors (Lipinski definition) is 5. The highest BCUT2D eigenvalue weighted by molar-refractivity contribution is 5.99. The van der Waals surface area contributed by atoms with Crippen LogP contribution in [0.3, 0.4) is 0 Å². The van der Waals surface area contributed by atoms with Gasteiger partial charge in [-0.25, -0.2) is 9.67 Å². The maximum atomic E-state index is 10.4. The van der Waals surface area contributed by atoms with Gasteiger partial charge in [0.1, 0.15) is 12.4 Å². The van der Waals surface area contributed by atoms with Crippen molar-refractivity contribution >= 4 is 21.8 Å². The van der Waals surface area contributed by atoms with Gasteiger partial charge in [0.25, 0.3) is 0 Å². The summed E-state index contributed by atoms with van der Waals surface area (Å²) in [6, 6.07) is 17.5. The van der Waals surface area contributed by atoms with Gasteiger partial charge >= 0.3 is 0 Å². The van der Waals surface area contributed by atoms with Crippen molar-refractivity contribution in [1.29, 1.82) is 0 Å².